The molecule has 0 spiro atoms. The van der Waals surface area contributed by atoms with E-state index in [0.29, 0.717) is 17.7 Å². The van der Waals surface area contributed by atoms with E-state index in [-0.39, 0.29) is 41.6 Å². The van der Waals surface area contributed by atoms with Crippen molar-refractivity contribution in [3.63, 3.8) is 0 Å². The van der Waals surface area contributed by atoms with Gasteiger partial charge in [0.2, 0.25) is 0 Å². The van der Waals surface area contributed by atoms with Gasteiger partial charge < -0.3 is 9.30 Å². The molecule has 0 bridgehead atoms. The summed E-state index contributed by atoms with van der Waals surface area (Å²) in [6.45, 7) is 4.03. The summed E-state index contributed by atoms with van der Waals surface area (Å²) in [7, 11) is 1.54. The van der Waals surface area contributed by atoms with Crippen LogP contribution in [0.4, 0.5) is 4.39 Å². The maximum atomic E-state index is 14.0. The molecule has 8 nitrogen and oxygen atoms in total. The minimum absolute atomic E-state index is 0.0731. The minimum atomic E-state index is -0.601. The molecular formula is C25H25FN4O4. The van der Waals surface area contributed by atoms with Gasteiger partial charge >= 0.3 is 5.69 Å². The smallest absolute Gasteiger partial charge is 0.337 e. The van der Waals surface area contributed by atoms with Crippen molar-refractivity contribution in [2.45, 2.75) is 33.4 Å². The number of nitrogens with zero attached hydrogens (tertiary/aromatic N) is 4. The van der Waals surface area contributed by atoms with Gasteiger partial charge in [-0.1, -0.05) is 19.9 Å². The second-order valence-electron chi connectivity index (χ2n) is 8.43. The number of rotatable bonds is 8. The number of hydrogen-bond acceptors (Lipinski definition) is 5. The fraction of sp³-hybridized carbons (Fsp3) is 0.280. The first-order valence-electron chi connectivity index (χ1n) is 10.9. The summed E-state index contributed by atoms with van der Waals surface area (Å²) in [6.07, 6.45) is 1.96. The third-order valence-electron chi connectivity index (χ3n) is 5.62. The first-order chi connectivity index (χ1) is 16.3. The van der Waals surface area contributed by atoms with Crippen molar-refractivity contribution in [3.05, 3.63) is 87.1 Å². The summed E-state index contributed by atoms with van der Waals surface area (Å²) in [5, 5.41) is 0. The highest BCUT2D eigenvalue weighted by Crippen LogP contribution is 2.17. The molecule has 4 rings (SSSR count). The third kappa shape index (κ3) is 4.41. The Bertz CT molecular complexity index is 1470. The van der Waals surface area contributed by atoms with Crippen LogP contribution < -0.4 is 16.0 Å². The maximum absolute atomic E-state index is 14.0. The van der Waals surface area contributed by atoms with Crippen molar-refractivity contribution >= 4 is 16.9 Å². The summed E-state index contributed by atoms with van der Waals surface area (Å²) in [5.41, 5.74) is -0.261. The van der Waals surface area contributed by atoms with Crippen LogP contribution in [0, 0.1) is 11.7 Å². The minimum Gasteiger partial charge on any atom is -0.497 e. The monoisotopic (exact) mass is 464 g/mol. The Hall–Kier alpha value is -4.01. The van der Waals surface area contributed by atoms with Gasteiger partial charge in [-0.2, -0.15) is 0 Å². The molecule has 0 aliphatic carbocycles. The number of Topliss-reactive ketones (excluding diaryl/α,β-unsaturated/α-hetero) is 1. The van der Waals surface area contributed by atoms with Crippen molar-refractivity contribution in [1.29, 1.82) is 0 Å². The molecule has 9 heteroatoms. The Kier molecular flexibility index (Phi) is 6.45. The molecule has 2 aromatic heterocycles. The molecule has 34 heavy (non-hydrogen) atoms. The predicted molar refractivity (Wildman–Crippen MR) is 126 cm³/mol. The number of ether oxygens (including phenoxy) is 1. The molecule has 0 atom stereocenters. The van der Waals surface area contributed by atoms with Crippen LogP contribution in [0.2, 0.25) is 0 Å². The first kappa shape index (κ1) is 23.2. The van der Waals surface area contributed by atoms with Crippen LogP contribution in [0.3, 0.4) is 0 Å². The van der Waals surface area contributed by atoms with Gasteiger partial charge in [-0.15, -0.1) is 0 Å². The molecule has 0 aliphatic rings. The lowest BCUT2D eigenvalue weighted by Crippen LogP contribution is -2.40. The second kappa shape index (κ2) is 9.46. The second-order valence-corrected chi connectivity index (χ2v) is 8.43. The zero-order valence-electron chi connectivity index (χ0n) is 19.2. The van der Waals surface area contributed by atoms with Gasteiger partial charge in [0.1, 0.15) is 11.6 Å². The number of aromatic nitrogens is 4. The number of halogens is 1. The van der Waals surface area contributed by atoms with E-state index in [1.807, 2.05) is 13.8 Å². The van der Waals surface area contributed by atoms with Crippen molar-refractivity contribution in [1.82, 2.24) is 18.7 Å². The van der Waals surface area contributed by atoms with E-state index in [1.54, 1.807) is 30.3 Å². The van der Waals surface area contributed by atoms with Gasteiger partial charge in [0, 0.05) is 12.1 Å². The van der Waals surface area contributed by atoms with E-state index in [2.05, 4.69) is 4.98 Å². The lowest BCUT2D eigenvalue weighted by molar-refractivity contribution is 0.0973. The fourth-order valence-corrected chi connectivity index (χ4v) is 3.76. The van der Waals surface area contributed by atoms with Crippen LogP contribution in [-0.2, 0) is 13.1 Å². The molecule has 0 amide bonds. The van der Waals surface area contributed by atoms with Crippen molar-refractivity contribution < 1.29 is 13.9 Å². The van der Waals surface area contributed by atoms with Gasteiger partial charge in [0.05, 0.1) is 25.7 Å². The van der Waals surface area contributed by atoms with E-state index in [1.165, 1.54) is 40.8 Å². The maximum Gasteiger partial charge on any atom is 0.337 e. The van der Waals surface area contributed by atoms with E-state index in [0.717, 1.165) is 4.57 Å². The largest absolute Gasteiger partial charge is 0.497 e. The van der Waals surface area contributed by atoms with Gasteiger partial charge in [0.25, 0.3) is 5.56 Å². The van der Waals surface area contributed by atoms with Crippen LogP contribution in [0.15, 0.2) is 64.4 Å². The lowest BCUT2D eigenvalue weighted by atomic mass is 10.1. The molecule has 0 fully saturated rings. The lowest BCUT2D eigenvalue weighted by Gasteiger charge is -2.13. The summed E-state index contributed by atoms with van der Waals surface area (Å²) in [5.74, 6) is 0.119. The van der Waals surface area contributed by atoms with E-state index >= 15 is 0 Å². The summed E-state index contributed by atoms with van der Waals surface area (Å²) >= 11 is 0. The molecule has 0 unspecified atom stereocenters. The van der Waals surface area contributed by atoms with Crippen molar-refractivity contribution in [2.75, 3.05) is 7.11 Å². The zero-order valence-corrected chi connectivity index (χ0v) is 19.2. The average molecular weight is 464 g/mol. The number of imidazole rings is 1. The predicted octanol–water partition coefficient (Wildman–Crippen LogP) is 3.43. The number of methoxy groups -OCH3 is 1. The fourth-order valence-electron chi connectivity index (χ4n) is 3.76. The number of fused-ring (bicyclic) bond motifs is 1. The van der Waals surface area contributed by atoms with Gasteiger partial charge in [-0.25, -0.2) is 18.7 Å². The topological polar surface area (TPSA) is 88.1 Å². The number of hydrogen-bond donors (Lipinski definition) is 0. The van der Waals surface area contributed by atoms with Gasteiger partial charge in [-0.05, 0) is 54.8 Å². The highest BCUT2D eigenvalue weighted by Gasteiger charge is 2.21. The molecule has 2 heterocycles. The van der Waals surface area contributed by atoms with Crippen LogP contribution in [0.1, 0.15) is 30.6 Å². The summed E-state index contributed by atoms with van der Waals surface area (Å²) < 4.78 is 22.9. The molecule has 2 aromatic carbocycles. The molecule has 4 aromatic rings. The van der Waals surface area contributed by atoms with Crippen LogP contribution in [0.5, 0.6) is 5.75 Å². The SMILES string of the molecule is COc1ccc(C(=O)Cn2cnc3c2c(=O)n(CCC(C)C)c(=O)n3-c2cccc(F)c2)cc1. The van der Waals surface area contributed by atoms with Crippen LogP contribution >= 0.6 is 0 Å². The molecule has 0 saturated heterocycles. The molecule has 0 saturated carbocycles. The standard InChI is InChI=1S/C25H25FN4O4/c1-16(2)11-12-29-24(32)22-23(30(25(29)33)19-6-4-5-18(26)13-19)27-15-28(22)14-21(31)17-7-9-20(34-3)10-8-17/h4-10,13,15-16H,11-12,14H2,1-3H3. The quantitative estimate of drug-likeness (QED) is 0.373. The average Bonchev–Trinajstić information content (AvgIpc) is 3.22. The van der Waals surface area contributed by atoms with Gasteiger partial charge in [-0.3, -0.25) is 14.2 Å². The van der Waals surface area contributed by atoms with E-state index in [4.69, 9.17) is 4.74 Å². The normalized spacial score (nSPS) is 11.3. The Morgan fingerprint density at radius 2 is 1.85 bits per heavy atom. The van der Waals surface area contributed by atoms with Crippen molar-refractivity contribution in [3.8, 4) is 11.4 Å². The number of ketones is 1. The van der Waals surface area contributed by atoms with Crippen LogP contribution in [-0.4, -0.2) is 31.6 Å². The summed E-state index contributed by atoms with van der Waals surface area (Å²) in [4.78, 5) is 43.9. The number of carbonyl (C=O) groups excluding carboxylic acids is 1. The Labute approximate surface area is 194 Å². The van der Waals surface area contributed by atoms with Crippen molar-refractivity contribution in [2.24, 2.45) is 5.92 Å². The number of carbonyl (C=O) groups is 1. The van der Waals surface area contributed by atoms with E-state index < -0.39 is 17.1 Å². The highest BCUT2D eigenvalue weighted by atomic mass is 19.1. The third-order valence-corrected chi connectivity index (χ3v) is 5.62. The van der Waals surface area contributed by atoms with Gasteiger partial charge in [0.15, 0.2) is 16.9 Å². The van der Waals surface area contributed by atoms with Crippen LogP contribution in [0.25, 0.3) is 16.9 Å². The Morgan fingerprint density at radius 1 is 1.12 bits per heavy atom. The molecule has 0 radical (unpaired) electrons. The molecular weight excluding hydrogens is 439 g/mol. The Morgan fingerprint density at radius 3 is 2.50 bits per heavy atom. The highest BCUT2D eigenvalue weighted by molar-refractivity contribution is 5.96. The molecule has 0 aliphatic heterocycles. The Balaban J connectivity index is 1.87. The molecule has 0 N–H and O–H groups in total. The van der Waals surface area contributed by atoms with E-state index in [9.17, 15) is 18.8 Å². The summed E-state index contributed by atoms with van der Waals surface area (Å²) in [6, 6.07) is 12.2. The first-order valence-corrected chi connectivity index (χ1v) is 10.9. The number of benzene rings is 2. The molecule has 176 valence electrons. The zero-order chi connectivity index (χ0) is 24.4.